The highest BCUT2D eigenvalue weighted by Crippen LogP contribution is 2.31. The molecule has 3 amide bonds. The lowest BCUT2D eigenvalue weighted by Gasteiger charge is -2.36. The smallest absolute Gasteiger partial charge is 0.270 e. The van der Waals surface area contributed by atoms with Crippen molar-refractivity contribution in [2.45, 2.75) is 152 Å². The van der Waals surface area contributed by atoms with E-state index in [4.69, 9.17) is 14.5 Å². The van der Waals surface area contributed by atoms with Gasteiger partial charge in [-0.05, 0) is 57.2 Å². The molecule has 2 aromatic rings. The third-order valence-corrected chi connectivity index (χ3v) is 9.44. The Balaban J connectivity index is 0. The van der Waals surface area contributed by atoms with Gasteiger partial charge in [0.2, 0.25) is 11.8 Å². The Morgan fingerprint density at radius 1 is 0.889 bits per heavy atom. The first kappa shape index (κ1) is 53.0. The van der Waals surface area contributed by atoms with E-state index in [1.807, 2.05) is 61.1 Å². The van der Waals surface area contributed by atoms with E-state index in [-0.39, 0.29) is 54.9 Å². The third-order valence-electron chi connectivity index (χ3n) is 8.50. The first-order valence-electron chi connectivity index (χ1n) is 20.5. The van der Waals surface area contributed by atoms with Crippen molar-refractivity contribution < 1.29 is 23.9 Å². The maximum Gasteiger partial charge on any atom is 0.270 e. The zero-order chi connectivity index (χ0) is 41.3. The van der Waals surface area contributed by atoms with E-state index < -0.39 is 0 Å². The van der Waals surface area contributed by atoms with Crippen LogP contribution in [0.1, 0.15) is 154 Å². The number of amides is 3. The molecule has 0 bridgehead atoms. The molecule has 0 saturated heterocycles. The molecule has 10 nitrogen and oxygen atoms in total. The first-order chi connectivity index (χ1) is 26.0. The van der Waals surface area contributed by atoms with E-state index in [0.717, 1.165) is 56.5 Å². The normalized spacial score (nSPS) is 12.2. The van der Waals surface area contributed by atoms with Gasteiger partial charge in [-0.15, -0.1) is 11.3 Å². The summed E-state index contributed by atoms with van der Waals surface area (Å²) in [6.07, 6.45) is 9.20. The van der Waals surface area contributed by atoms with E-state index >= 15 is 0 Å². The van der Waals surface area contributed by atoms with Crippen LogP contribution in [0.2, 0.25) is 0 Å². The number of hydrogen-bond donors (Lipinski definition) is 2. The van der Waals surface area contributed by atoms with Crippen molar-refractivity contribution >= 4 is 35.8 Å². The van der Waals surface area contributed by atoms with Gasteiger partial charge in [0.05, 0.1) is 13.1 Å². The predicted octanol–water partition coefficient (Wildman–Crippen LogP) is 8.90. The van der Waals surface area contributed by atoms with Gasteiger partial charge in [0.1, 0.15) is 23.6 Å². The van der Waals surface area contributed by atoms with Crippen LogP contribution in [0.3, 0.4) is 0 Å². The molecule has 0 aliphatic heterocycles. The average Bonchev–Trinajstić information content (AvgIpc) is 3.68. The van der Waals surface area contributed by atoms with Gasteiger partial charge in [0.25, 0.3) is 5.91 Å². The molecule has 0 radical (unpaired) electrons. The molecule has 0 fully saturated rings. The Morgan fingerprint density at radius 2 is 1.54 bits per heavy atom. The van der Waals surface area contributed by atoms with Crippen LogP contribution in [0.25, 0.3) is 0 Å². The number of nitrogens with zero attached hydrogens (tertiary/aromatic N) is 3. The summed E-state index contributed by atoms with van der Waals surface area (Å²) in [4.78, 5) is 56.1. The number of hydrogen-bond acceptors (Lipinski definition) is 8. The largest absolute Gasteiger partial charge is 0.371 e. The zero-order valence-corrected chi connectivity index (χ0v) is 36.7. The number of aromatic nitrogens is 1. The Hall–Kier alpha value is -3.15. The molecule has 0 aliphatic rings. The second kappa shape index (κ2) is 34.3. The molecule has 0 spiro atoms. The van der Waals surface area contributed by atoms with Gasteiger partial charge in [-0.1, -0.05) is 125 Å². The molecule has 2 unspecified atom stereocenters. The Morgan fingerprint density at radius 3 is 2.07 bits per heavy atom. The predicted molar refractivity (Wildman–Crippen MR) is 227 cm³/mol. The molecule has 54 heavy (non-hydrogen) atoms. The quantitative estimate of drug-likeness (QED) is 0.109. The summed E-state index contributed by atoms with van der Waals surface area (Å²) in [5, 5.41) is 8.60. The topological polar surface area (TPSA) is 121 Å². The summed E-state index contributed by atoms with van der Waals surface area (Å²) in [5.74, 6) is -0.272. The fourth-order valence-corrected chi connectivity index (χ4v) is 6.41. The number of benzene rings is 1. The summed E-state index contributed by atoms with van der Waals surface area (Å²) in [5.41, 5.74) is 1.59. The fourth-order valence-electron chi connectivity index (χ4n) is 5.55. The van der Waals surface area contributed by atoms with Crippen LogP contribution in [-0.2, 0) is 25.5 Å². The number of thiazole rings is 1. The Kier molecular flexibility index (Phi) is 33.7. The fraction of sp³-hybridized carbons (Fsp3) is 0.698. The molecule has 0 aliphatic carbocycles. The van der Waals surface area contributed by atoms with Crippen LogP contribution in [0.15, 0.2) is 35.7 Å². The molecule has 310 valence electrons. The molecule has 1 aromatic heterocycles. The SMILES string of the molecule is C=O.CC.CCCC.CCCCN(C)CC(=O)NCC(=O)N(CCC)C(CC(OCCC)c1nc(C(=O)N[C@H](CCC)Cc2ccccc2)cs1)C(C)C. The number of likely N-dealkylation sites (N-methyl/N-ethyl adjacent to an activating group) is 1. The molecular weight excluding hydrogens is 699 g/mol. The highest BCUT2D eigenvalue weighted by molar-refractivity contribution is 7.09. The van der Waals surface area contributed by atoms with Crippen molar-refractivity contribution in [1.82, 2.24) is 25.4 Å². The van der Waals surface area contributed by atoms with Crippen molar-refractivity contribution in [2.75, 3.05) is 39.8 Å². The summed E-state index contributed by atoms with van der Waals surface area (Å²) in [6, 6.07) is 10.1. The lowest BCUT2D eigenvalue weighted by Crippen LogP contribution is -2.49. The minimum atomic E-state index is -0.358. The molecule has 2 rings (SSSR count). The van der Waals surface area contributed by atoms with E-state index in [0.29, 0.717) is 25.3 Å². The van der Waals surface area contributed by atoms with Gasteiger partial charge in [-0.2, -0.15) is 0 Å². The molecule has 2 N–H and O–H groups in total. The van der Waals surface area contributed by atoms with Crippen LogP contribution in [0.4, 0.5) is 0 Å². The molecule has 11 heteroatoms. The Labute approximate surface area is 333 Å². The maximum atomic E-state index is 13.5. The highest BCUT2D eigenvalue weighted by Gasteiger charge is 2.31. The van der Waals surface area contributed by atoms with Gasteiger partial charge in [0, 0.05) is 37.0 Å². The van der Waals surface area contributed by atoms with Crippen LogP contribution in [0, 0.1) is 5.92 Å². The lowest BCUT2D eigenvalue weighted by atomic mass is 9.95. The van der Waals surface area contributed by atoms with Crippen molar-refractivity contribution in [3.8, 4) is 0 Å². The number of carbonyl (C=O) groups is 4. The van der Waals surface area contributed by atoms with E-state index in [2.05, 4.69) is 78.2 Å². The second-order valence-electron chi connectivity index (χ2n) is 13.6. The summed E-state index contributed by atoms with van der Waals surface area (Å²) in [7, 11) is 1.92. The number of carbonyl (C=O) groups excluding carboxylic acids is 4. The van der Waals surface area contributed by atoms with Crippen molar-refractivity contribution in [2.24, 2.45) is 5.92 Å². The third kappa shape index (κ3) is 22.9. The van der Waals surface area contributed by atoms with Crippen LogP contribution >= 0.6 is 11.3 Å². The lowest BCUT2D eigenvalue weighted by molar-refractivity contribution is -0.136. The maximum absolute atomic E-state index is 13.5. The average molecular weight is 776 g/mol. The van der Waals surface area contributed by atoms with Gasteiger partial charge in [0.15, 0.2) is 0 Å². The van der Waals surface area contributed by atoms with Crippen molar-refractivity contribution in [3.05, 3.63) is 52.0 Å². The van der Waals surface area contributed by atoms with E-state index in [1.54, 1.807) is 0 Å². The van der Waals surface area contributed by atoms with Crippen molar-refractivity contribution in [1.29, 1.82) is 0 Å². The molecule has 0 saturated carbocycles. The molecule has 1 heterocycles. The Bertz CT molecular complexity index is 1210. The van der Waals surface area contributed by atoms with Crippen LogP contribution in [-0.4, -0.2) is 91.2 Å². The number of nitrogens with one attached hydrogen (secondary N) is 2. The number of unbranched alkanes of at least 4 members (excludes halogenated alkanes) is 2. The highest BCUT2D eigenvalue weighted by atomic mass is 32.1. The van der Waals surface area contributed by atoms with Crippen molar-refractivity contribution in [3.63, 3.8) is 0 Å². The van der Waals surface area contributed by atoms with E-state index in [1.165, 1.54) is 29.7 Å². The van der Waals surface area contributed by atoms with Crippen LogP contribution < -0.4 is 10.6 Å². The monoisotopic (exact) mass is 776 g/mol. The minimum absolute atomic E-state index is 0.0216. The summed E-state index contributed by atoms with van der Waals surface area (Å²) >= 11 is 1.43. The molecule has 3 atom stereocenters. The molecule has 1 aromatic carbocycles. The standard InChI is InChI=1S/C36H59N5O4S.C4H10.C2H6.CH2O/c1-8-12-20-40(7)25-33(42)37-24-34(43)41(19-10-3)31(27(5)6)23-32(45-21-11-4)36-39-30(26-46-36)35(44)38-29(16-9-2)22-28-17-14-13-15-18-28;1-3-4-2;2*1-2/h13-15,17-18,26-27,29,31-32H,8-12,16,19-25H2,1-7H3,(H,37,42)(H,38,44);3-4H2,1-2H3;1-2H3;1H2/t29-,31?,32?;;;/m1.../s1. The van der Waals surface area contributed by atoms with E-state index in [9.17, 15) is 14.4 Å². The number of rotatable bonds is 24. The van der Waals surface area contributed by atoms with Gasteiger partial charge >= 0.3 is 0 Å². The summed E-state index contributed by atoms with van der Waals surface area (Å²) < 4.78 is 6.33. The van der Waals surface area contributed by atoms with Gasteiger partial charge in [-0.25, -0.2) is 4.98 Å². The minimum Gasteiger partial charge on any atom is -0.371 e. The first-order valence-corrected chi connectivity index (χ1v) is 21.4. The van der Waals surface area contributed by atoms with Gasteiger partial charge < -0.3 is 25.1 Å². The number of ether oxygens (including phenoxy) is 1. The summed E-state index contributed by atoms with van der Waals surface area (Å²) in [6.45, 7) is 25.2. The van der Waals surface area contributed by atoms with Crippen LogP contribution in [0.5, 0.6) is 0 Å². The second-order valence-corrected chi connectivity index (χ2v) is 14.5. The van der Waals surface area contributed by atoms with Gasteiger partial charge in [-0.3, -0.25) is 19.3 Å². The zero-order valence-electron chi connectivity index (χ0n) is 35.9. The molecular formula is C43H77N5O5S.